The highest BCUT2D eigenvalue weighted by molar-refractivity contribution is 6.31. The summed E-state index contributed by atoms with van der Waals surface area (Å²) in [6.07, 6.45) is 5.04. The molecule has 0 fully saturated rings. The summed E-state index contributed by atoms with van der Waals surface area (Å²) in [6.45, 7) is 10.3. The van der Waals surface area contributed by atoms with Gasteiger partial charge in [0.05, 0.1) is 12.2 Å². The van der Waals surface area contributed by atoms with Gasteiger partial charge in [-0.25, -0.2) is 0 Å². The molecule has 1 aromatic rings. The Labute approximate surface area is 148 Å². The van der Waals surface area contributed by atoms with Gasteiger partial charge in [-0.15, -0.1) is 0 Å². The number of nitrogens with zero attached hydrogens (tertiary/aromatic N) is 2. The number of rotatable bonds is 7. The van der Waals surface area contributed by atoms with Crippen molar-refractivity contribution in [3.05, 3.63) is 22.5 Å². The van der Waals surface area contributed by atoms with Gasteiger partial charge in [0.2, 0.25) is 11.8 Å². The maximum Gasteiger partial charge on any atom is 0.244 e. The molecule has 0 aliphatic rings. The minimum absolute atomic E-state index is 0.0665. The molecular weight excluding hydrogens is 328 g/mol. The fourth-order valence-electron chi connectivity index (χ4n) is 2.06. The first-order chi connectivity index (χ1) is 11.1. The average molecular weight is 355 g/mol. The van der Waals surface area contributed by atoms with Crippen molar-refractivity contribution in [3.8, 4) is 0 Å². The molecule has 2 amide bonds. The zero-order valence-electron chi connectivity index (χ0n) is 15.1. The quantitative estimate of drug-likeness (QED) is 0.739. The Kier molecular flexibility index (Phi) is 7.48. The fourth-order valence-corrected chi connectivity index (χ4v) is 2.38. The topological polar surface area (TPSA) is 76.0 Å². The lowest BCUT2D eigenvalue weighted by molar-refractivity contribution is -0.124. The lowest BCUT2D eigenvalue weighted by Gasteiger charge is -2.20. The number of halogens is 1. The summed E-state index contributed by atoms with van der Waals surface area (Å²) >= 11 is 6.30. The van der Waals surface area contributed by atoms with E-state index in [1.807, 2.05) is 27.7 Å². The highest BCUT2D eigenvalue weighted by Crippen LogP contribution is 2.21. The maximum absolute atomic E-state index is 11.8. The zero-order valence-corrected chi connectivity index (χ0v) is 15.8. The van der Waals surface area contributed by atoms with E-state index in [2.05, 4.69) is 22.7 Å². The molecule has 1 heterocycles. The van der Waals surface area contributed by atoms with E-state index >= 15 is 0 Å². The molecule has 0 unspecified atom stereocenters. The second-order valence-corrected chi connectivity index (χ2v) is 7.07. The molecule has 6 nitrogen and oxygen atoms in total. The summed E-state index contributed by atoms with van der Waals surface area (Å²) in [5, 5.41) is 10.2. The second-order valence-electron chi connectivity index (χ2n) is 6.72. The monoisotopic (exact) mass is 354 g/mol. The molecule has 0 saturated carbocycles. The molecule has 24 heavy (non-hydrogen) atoms. The van der Waals surface area contributed by atoms with Gasteiger partial charge < -0.3 is 10.6 Å². The van der Waals surface area contributed by atoms with Crippen LogP contribution in [-0.4, -0.2) is 33.7 Å². The van der Waals surface area contributed by atoms with Crippen LogP contribution in [0.15, 0.2) is 6.08 Å². The lowest BCUT2D eigenvalue weighted by atomic mass is 10.1. The third-order valence-corrected chi connectivity index (χ3v) is 3.57. The number of hydrogen-bond donors (Lipinski definition) is 2. The number of aryl methyl sites for hydroxylation is 2. The third kappa shape index (κ3) is 6.74. The van der Waals surface area contributed by atoms with Gasteiger partial charge in [-0.3, -0.25) is 14.3 Å². The molecule has 0 aliphatic heterocycles. The standard InChI is InChI=1S/C17H27ClN4O2/c1-6-7-10-22-16(18)13(12(2)21-22)8-9-14(23)19-11-15(24)20-17(3,4)5/h8-9H,6-7,10-11H2,1-5H3,(H,19,23)(H,20,24)/b9-8+. The van der Waals surface area contributed by atoms with Crippen molar-refractivity contribution in [2.24, 2.45) is 0 Å². The summed E-state index contributed by atoms with van der Waals surface area (Å²) in [4.78, 5) is 23.5. The van der Waals surface area contributed by atoms with Crippen LogP contribution in [-0.2, 0) is 16.1 Å². The molecule has 7 heteroatoms. The minimum atomic E-state index is -0.351. The molecule has 2 N–H and O–H groups in total. The van der Waals surface area contributed by atoms with Crippen molar-refractivity contribution >= 4 is 29.5 Å². The van der Waals surface area contributed by atoms with E-state index < -0.39 is 0 Å². The van der Waals surface area contributed by atoms with E-state index in [-0.39, 0.29) is 23.9 Å². The molecule has 134 valence electrons. The van der Waals surface area contributed by atoms with Crippen LogP contribution in [0.5, 0.6) is 0 Å². The van der Waals surface area contributed by atoms with Crippen LogP contribution in [0, 0.1) is 6.92 Å². The molecule has 0 radical (unpaired) electrons. The number of aromatic nitrogens is 2. The van der Waals surface area contributed by atoms with Gasteiger partial charge in [-0.2, -0.15) is 5.10 Å². The van der Waals surface area contributed by atoms with E-state index in [4.69, 9.17) is 11.6 Å². The molecular formula is C17H27ClN4O2. The molecule has 0 atom stereocenters. The number of nitrogens with one attached hydrogen (secondary N) is 2. The van der Waals surface area contributed by atoms with Crippen molar-refractivity contribution < 1.29 is 9.59 Å². The van der Waals surface area contributed by atoms with Gasteiger partial charge in [0.15, 0.2) is 0 Å². The number of amides is 2. The van der Waals surface area contributed by atoms with Crippen molar-refractivity contribution in [2.45, 2.75) is 59.5 Å². The van der Waals surface area contributed by atoms with Crippen LogP contribution in [0.3, 0.4) is 0 Å². The predicted octanol–water partition coefficient (Wildman–Crippen LogP) is 2.69. The van der Waals surface area contributed by atoms with Crippen LogP contribution in [0.1, 0.15) is 51.8 Å². The van der Waals surface area contributed by atoms with Crippen LogP contribution in [0.4, 0.5) is 0 Å². The van der Waals surface area contributed by atoms with Crippen molar-refractivity contribution in [3.63, 3.8) is 0 Å². The summed E-state index contributed by atoms with van der Waals surface area (Å²) in [5.74, 6) is -0.582. The number of carbonyl (C=O) groups is 2. The Morgan fingerprint density at radius 3 is 2.58 bits per heavy atom. The van der Waals surface area contributed by atoms with E-state index in [0.29, 0.717) is 5.15 Å². The summed E-state index contributed by atoms with van der Waals surface area (Å²) < 4.78 is 1.74. The Morgan fingerprint density at radius 1 is 1.33 bits per heavy atom. The van der Waals surface area contributed by atoms with Crippen LogP contribution < -0.4 is 10.6 Å². The third-order valence-electron chi connectivity index (χ3n) is 3.17. The smallest absolute Gasteiger partial charge is 0.244 e. The Bertz CT molecular complexity index is 615. The van der Waals surface area contributed by atoms with Gasteiger partial charge in [0, 0.05) is 23.7 Å². The number of unbranched alkanes of at least 4 members (excludes halogenated alkanes) is 1. The first kappa shape index (κ1) is 20.2. The Morgan fingerprint density at radius 2 is 2.00 bits per heavy atom. The Hall–Kier alpha value is -1.82. The fraction of sp³-hybridized carbons (Fsp3) is 0.588. The normalized spacial score (nSPS) is 11.8. The average Bonchev–Trinajstić information content (AvgIpc) is 2.73. The van der Waals surface area contributed by atoms with Gasteiger partial charge in [0.25, 0.3) is 0 Å². The molecule has 0 aromatic carbocycles. The highest BCUT2D eigenvalue weighted by atomic mass is 35.5. The summed E-state index contributed by atoms with van der Waals surface area (Å²) in [6, 6.07) is 0. The summed E-state index contributed by atoms with van der Waals surface area (Å²) in [7, 11) is 0. The van der Waals surface area contributed by atoms with E-state index in [1.165, 1.54) is 6.08 Å². The lowest BCUT2D eigenvalue weighted by Crippen LogP contribution is -2.45. The van der Waals surface area contributed by atoms with Crippen LogP contribution >= 0.6 is 11.6 Å². The van der Waals surface area contributed by atoms with E-state index in [1.54, 1.807) is 10.8 Å². The van der Waals surface area contributed by atoms with Crippen LogP contribution in [0.25, 0.3) is 6.08 Å². The maximum atomic E-state index is 11.8. The Balaban J connectivity index is 2.61. The number of hydrogen-bond acceptors (Lipinski definition) is 3. The van der Waals surface area contributed by atoms with E-state index in [0.717, 1.165) is 30.6 Å². The van der Waals surface area contributed by atoms with Crippen molar-refractivity contribution in [1.29, 1.82) is 0 Å². The van der Waals surface area contributed by atoms with Crippen LogP contribution in [0.2, 0.25) is 5.15 Å². The molecule has 1 rings (SSSR count). The molecule has 1 aromatic heterocycles. The SMILES string of the molecule is CCCCn1nc(C)c(/C=C/C(=O)NCC(=O)NC(C)(C)C)c1Cl. The predicted molar refractivity (Wildman–Crippen MR) is 96.8 cm³/mol. The van der Waals surface area contributed by atoms with Crippen molar-refractivity contribution in [1.82, 2.24) is 20.4 Å². The molecule has 0 saturated heterocycles. The van der Waals surface area contributed by atoms with Gasteiger partial charge in [0.1, 0.15) is 5.15 Å². The molecule has 0 spiro atoms. The van der Waals surface area contributed by atoms with Crippen molar-refractivity contribution in [2.75, 3.05) is 6.54 Å². The molecule has 0 bridgehead atoms. The first-order valence-electron chi connectivity index (χ1n) is 8.14. The second kappa shape index (κ2) is 8.87. The van der Waals surface area contributed by atoms with E-state index in [9.17, 15) is 9.59 Å². The summed E-state index contributed by atoms with van der Waals surface area (Å²) in [5.41, 5.74) is 1.17. The van der Waals surface area contributed by atoms with Gasteiger partial charge in [-0.05, 0) is 40.2 Å². The first-order valence-corrected chi connectivity index (χ1v) is 8.51. The largest absolute Gasteiger partial charge is 0.350 e. The zero-order chi connectivity index (χ0) is 18.3. The molecule has 0 aliphatic carbocycles. The van der Waals surface area contributed by atoms with Gasteiger partial charge >= 0.3 is 0 Å². The number of carbonyl (C=O) groups excluding carboxylic acids is 2. The van der Waals surface area contributed by atoms with Gasteiger partial charge in [-0.1, -0.05) is 24.9 Å². The highest BCUT2D eigenvalue weighted by Gasteiger charge is 2.14. The minimum Gasteiger partial charge on any atom is -0.350 e.